The number of nitrogens with one attached hydrogen (secondary N) is 1. The Hall–Kier alpha value is -1.67. The van der Waals surface area contributed by atoms with Crippen LogP contribution in [0.3, 0.4) is 0 Å². The van der Waals surface area contributed by atoms with E-state index >= 15 is 0 Å². The van der Waals surface area contributed by atoms with Gasteiger partial charge in [0.25, 0.3) is 5.91 Å². The third-order valence-corrected chi connectivity index (χ3v) is 4.37. The molecule has 2 aliphatic heterocycles. The van der Waals surface area contributed by atoms with Crippen molar-refractivity contribution in [1.82, 2.24) is 10.4 Å². The lowest BCUT2D eigenvalue weighted by Gasteiger charge is -2.33. The fraction of sp³-hybridized carbons (Fsp3) is 0.562. The number of hydroxylamine groups is 1. The fourth-order valence-electron chi connectivity index (χ4n) is 3.20. The topological polar surface area (TPSA) is 80.3 Å². The smallest absolute Gasteiger partial charge is 0.260 e. The van der Waals surface area contributed by atoms with E-state index in [1.807, 2.05) is 29.2 Å². The van der Waals surface area contributed by atoms with Crippen molar-refractivity contribution < 1.29 is 24.2 Å². The van der Waals surface area contributed by atoms with Gasteiger partial charge in [-0.2, -0.15) is 0 Å². The largest absolute Gasteiger partial charge is 0.497 e. The molecule has 0 aliphatic carbocycles. The number of hydrogen-bond donors (Lipinski definition) is 2. The first-order chi connectivity index (χ1) is 11.2. The van der Waals surface area contributed by atoms with E-state index in [2.05, 4.69) is 0 Å². The maximum atomic E-state index is 12.0. The summed E-state index contributed by atoms with van der Waals surface area (Å²) in [6.45, 7) is 2.32. The average molecular weight is 322 g/mol. The number of methoxy groups -OCH3 is 1. The first-order valence-electron chi connectivity index (χ1n) is 7.75. The molecule has 0 unspecified atom stereocenters. The summed E-state index contributed by atoms with van der Waals surface area (Å²) in [6, 6.07) is 7.20. The van der Waals surface area contributed by atoms with Crippen LogP contribution in [0.15, 0.2) is 24.3 Å². The molecule has 126 valence electrons. The Morgan fingerprint density at radius 1 is 1.39 bits per heavy atom. The SMILES string of the molecule is COc1ccc(CN2CC3(C[C@@H]2C(=O)NO)OCCCO3)cc1. The number of nitrogens with zero attached hydrogens (tertiary/aromatic N) is 1. The zero-order valence-electron chi connectivity index (χ0n) is 13.2. The van der Waals surface area contributed by atoms with Gasteiger partial charge in [0.2, 0.25) is 0 Å². The number of likely N-dealkylation sites (tertiary alicyclic amines) is 1. The molecule has 0 bridgehead atoms. The first-order valence-corrected chi connectivity index (χ1v) is 7.75. The normalized spacial score (nSPS) is 23.8. The van der Waals surface area contributed by atoms with Crippen LogP contribution in [0.1, 0.15) is 18.4 Å². The Balaban J connectivity index is 1.75. The van der Waals surface area contributed by atoms with Crippen molar-refractivity contribution in [3.05, 3.63) is 29.8 Å². The Bertz CT molecular complexity index is 542. The second-order valence-electron chi connectivity index (χ2n) is 5.91. The number of amides is 1. The summed E-state index contributed by atoms with van der Waals surface area (Å²) in [4.78, 5) is 14.0. The van der Waals surface area contributed by atoms with Gasteiger partial charge in [-0.25, -0.2) is 5.48 Å². The summed E-state index contributed by atoms with van der Waals surface area (Å²) in [7, 11) is 1.62. The second-order valence-corrected chi connectivity index (χ2v) is 5.91. The summed E-state index contributed by atoms with van der Waals surface area (Å²) in [5, 5.41) is 9.01. The summed E-state index contributed by atoms with van der Waals surface area (Å²) in [6.07, 6.45) is 1.27. The lowest BCUT2D eigenvalue weighted by Crippen LogP contribution is -2.43. The molecule has 3 rings (SSSR count). The number of hydrogen-bond acceptors (Lipinski definition) is 6. The zero-order chi connectivity index (χ0) is 16.3. The molecular formula is C16H22N2O5. The van der Waals surface area contributed by atoms with E-state index in [9.17, 15) is 4.79 Å². The van der Waals surface area contributed by atoms with E-state index in [0.717, 1.165) is 17.7 Å². The van der Waals surface area contributed by atoms with Crippen LogP contribution in [-0.4, -0.2) is 54.7 Å². The van der Waals surface area contributed by atoms with Gasteiger partial charge in [0.15, 0.2) is 5.79 Å². The number of ether oxygens (including phenoxy) is 3. The van der Waals surface area contributed by atoms with Crippen molar-refractivity contribution in [3.8, 4) is 5.75 Å². The fourth-order valence-corrected chi connectivity index (χ4v) is 3.20. The van der Waals surface area contributed by atoms with Crippen LogP contribution in [0.5, 0.6) is 5.75 Å². The molecule has 1 atom stereocenters. The molecular weight excluding hydrogens is 300 g/mol. The van der Waals surface area contributed by atoms with Crippen LogP contribution >= 0.6 is 0 Å². The third kappa shape index (κ3) is 3.48. The molecule has 23 heavy (non-hydrogen) atoms. The highest BCUT2D eigenvalue weighted by Crippen LogP contribution is 2.35. The lowest BCUT2D eigenvalue weighted by molar-refractivity contribution is -0.258. The molecule has 0 aromatic heterocycles. The Morgan fingerprint density at radius 2 is 2.09 bits per heavy atom. The van der Waals surface area contributed by atoms with Crippen molar-refractivity contribution in [2.24, 2.45) is 0 Å². The van der Waals surface area contributed by atoms with Crippen molar-refractivity contribution >= 4 is 5.91 Å². The molecule has 1 amide bonds. The molecule has 0 radical (unpaired) electrons. The quantitative estimate of drug-likeness (QED) is 0.633. The van der Waals surface area contributed by atoms with E-state index in [-0.39, 0.29) is 0 Å². The van der Waals surface area contributed by atoms with Crippen LogP contribution in [0.4, 0.5) is 0 Å². The van der Waals surface area contributed by atoms with Gasteiger partial charge in [0, 0.05) is 13.0 Å². The molecule has 2 fully saturated rings. The predicted molar refractivity (Wildman–Crippen MR) is 81.0 cm³/mol. The predicted octanol–water partition coefficient (Wildman–Crippen LogP) is 0.908. The Kier molecular flexibility index (Phi) is 4.82. The molecule has 7 heteroatoms. The van der Waals surface area contributed by atoms with Crippen molar-refractivity contribution in [1.29, 1.82) is 0 Å². The third-order valence-electron chi connectivity index (χ3n) is 4.37. The van der Waals surface area contributed by atoms with Gasteiger partial charge < -0.3 is 14.2 Å². The number of carbonyl (C=O) groups excluding carboxylic acids is 1. The second kappa shape index (κ2) is 6.84. The van der Waals surface area contributed by atoms with Gasteiger partial charge in [0.05, 0.1) is 32.9 Å². The highest BCUT2D eigenvalue weighted by molar-refractivity contribution is 5.81. The molecule has 0 saturated carbocycles. The van der Waals surface area contributed by atoms with E-state index in [1.165, 1.54) is 0 Å². The summed E-state index contributed by atoms with van der Waals surface area (Å²) in [5.41, 5.74) is 2.80. The Morgan fingerprint density at radius 3 is 2.70 bits per heavy atom. The minimum atomic E-state index is -0.748. The van der Waals surface area contributed by atoms with E-state index in [0.29, 0.717) is 32.7 Å². The zero-order valence-corrected chi connectivity index (χ0v) is 13.2. The van der Waals surface area contributed by atoms with Crippen LogP contribution in [0.25, 0.3) is 0 Å². The highest BCUT2D eigenvalue weighted by Gasteiger charge is 2.49. The van der Waals surface area contributed by atoms with Crippen molar-refractivity contribution in [2.75, 3.05) is 26.9 Å². The minimum Gasteiger partial charge on any atom is -0.497 e. The molecule has 2 saturated heterocycles. The monoisotopic (exact) mass is 322 g/mol. The van der Waals surface area contributed by atoms with Crippen LogP contribution in [0.2, 0.25) is 0 Å². The van der Waals surface area contributed by atoms with E-state index in [4.69, 9.17) is 19.4 Å². The number of rotatable bonds is 4. The minimum absolute atomic E-state index is 0.412. The van der Waals surface area contributed by atoms with Crippen LogP contribution in [0, 0.1) is 0 Å². The number of benzene rings is 1. The first kappa shape index (κ1) is 16.2. The van der Waals surface area contributed by atoms with Crippen LogP contribution < -0.4 is 10.2 Å². The van der Waals surface area contributed by atoms with Crippen molar-refractivity contribution in [2.45, 2.75) is 31.2 Å². The molecule has 7 nitrogen and oxygen atoms in total. The van der Waals surface area contributed by atoms with Gasteiger partial charge in [0.1, 0.15) is 5.75 Å². The van der Waals surface area contributed by atoms with Gasteiger partial charge in [-0.05, 0) is 24.1 Å². The molecule has 1 aromatic carbocycles. The molecule has 2 aliphatic rings. The molecule has 1 aromatic rings. The van der Waals surface area contributed by atoms with Gasteiger partial charge in [-0.15, -0.1) is 0 Å². The lowest BCUT2D eigenvalue weighted by atomic mass is 10.1. The highest BCUT2D eigenvalue weighted by atomic mass is 16.7. The maximum Gasteiger partial charge on any atom is 0.260 e. The standard InChI is InChI=1S/C16H22N2O5/c1-21-13-5-3-12(4-6-13)10-18-11-16(22-7-2-8-23-16)9-14(18)15(19)17-20/h3-6,14,20H,2,7-11H2,1H3,(H,17,19)/t14-/m1/s1. The van der Waals surface area contributed by atoms with Crippen LogP contribution in [-0.2, 0) is 20.8 Å². The van der Waals surface area contributed by atoms with Gasteiger partial charge in [-0.1, -0.05) is 12.1 Å². The summed E-state index contributed by atoms with van der Waals surface area (Å²) in [5.74, 6) is -0.398. The number of carbonyl (C=O) groups is 1. The van der Waals surface area contributed by atoms with E-state index in [1.54, 1.807) is 12.6 Å². The van der Waals surface area contributed by atoms with Crippen molar-refractivity contribution in [3.63, 3.8) is 0 Å². The molecule has 2 N–H and O–H groups in total. The molecule has 1 spiro atoms. The van der Waals surface area contributed by atoms with Gasteiger partial charge in [-0.3, -0.25) is 14.9 Å². The van der Waals surface area contributed by atoms with E-state index < -0.39 is 17.7 Å². The summed E-state index contributed by atoms with van der Waals surface area (Å²) < 4.78 is 16.8. The van der Waals surface area contributed by atoms with Gasteiger partial charge >= 0.3 is 0 Å². The summed E-state index contributed by atoms with van der Waals surface area (Å²) >= 11 is 0. The maximum absolute atomic E-state index is 12.0. The molecule has 2 heterocycles. The Labute approximate surface area is 135 Å². The average Bonchev–Trinajstić information content (AvgIpc) is 2.93.